The minimum Gasteiger partial charge on any atom is -0.379 e. The van der Waals surface area contributed by atoms with E-state index in [9.17, 15) is 0 Å². The second-order valence-corrected chi connectivity index (χ2v) is 5.01. The van der Waals surface area contributed by atoms with Crippen LogP contribution in [0.5, 0.6) is 0 Å². The summed E-state index contributed by atoms with van der Waals surface area (Å²) in [6, 6.07) is 0.499. The lowest BCUT2D eigenvalue weighted by molar-refractivity contribution is 0.117. The molecule has 0 radical (unpaired) electrons. The molecule has 19 heavy (non-hydrogen) atoms. The molecule has 0 fully saturated rings. The highest BCUT2D eigenvalue weighted by Gasteiger charge is 2.11. The van der Waals surface area contributed by atoms with Crippen LogP contribution in [-0.4, -0.2) is 38.3 Å². The number of nitrogens with one attached hydrogen (secondary N) is 2. The average molecular weight is 381 g/mol. The molecule has 0 saturated carbocycles. The Morgan fingerprint density at radius 3 is 2.63 bits per heavy atom. The van der Waals surface area contributed by atoms with Crippen molar-refractivity contribution >= 4 is 29.9 Å². The van der Waals surface area contributed by atoms with Crippen molar-refractivity contribution in [1.82, 2.24) is 10.6 Å². The van der Waals surface area contributed by atoms with Gasteiger partial charge in [-0.05, 0) is 25.7 Å². The summed E-state index contributed by atoms with van der Waals surface area (Å²) in [7, 11) is 0. The first-order valence-corrected chi connectivity index (χ1v) is 7.00. The molecule has 0 aromatic rings. The lowest BCUT2D eigenvalue weighted by atomic mass is 10.2. The van der Waals surface area contributed by atoms with Crippen molar-refractivity contribution in [3.05, 3.63) is 12.2 Å². The van der Waals surface area contributed by atoms with E-state index in [1.165, 1.54) is 0 Å². The summed E-state index contributed by atoms with van der Waals surface area (Å²) in [5.74, 6) is 1.49. The van der Waals surface area contributed by atoms with Crippen LogP contribution in [0.4, 0.5) is 0 Å². The van der Waals surface area contributed by atoms with Crippen LogP contribution in [-0.2, 0) is 4.74 Å². The second kappa shape index (κ2) is 11.5. The van der Waals surface area contributed by atoms with Gasteiger partial charge in [0.2, 0.25) is 0 Å². The molecule has 0 atom stereocenters. The zero-order valence-electron chi connectivity index (χ0n) is 12.3. The van der Waals surface area contributed by atoms with Gasteiger partial charge in [0.25, 0.3) is 0 Å². The van der Waals surface area contributed by atoms with E-state index < -0.39 is 0 Å². The van der Waals surface area contributed by atoms with Gasteiger partial charge in [-0.25, -0.2) is 0 Å². The summed E-state index contributed by atoms with van der Waals surface area (Å²) < 4.78 is 5.52. The largest absolute Gasteiger partial charge is 0.379 e. The number of nitrogens with zero attached hydrogens (tertiary/aromatic N) is 1. The van der Waals surface area contributed by atoms with Crippen LogP contribution in [0.3, 0.4) is 0 Å². The van der Waals surface area contributed by atoms with Gasteiger partial charge in [-0.2, -0.15) is 0 Å². The Bertz CT molecular complexity index is 272. The van der Waals surface area contributed by atoms with Crippen LogP contribution in [0, 0.1) is 5.92 Å². The molecule has 1 aliphatic rings. The Hall–Kier alpha value is -0.300. The Kier molecular flexibility index (Phi) is 11.3. The maximum absolute atomic E-state index is 5.52. The van der Waals surface area contributed by atoms with Gasteiger partial charge in [-0.1, -0.05) is 26.0 Å². The maximum Gasteiger partial charge on any atom is 0.191 e. The molecule has 0 aliphatic heterocycles. The third kappa shape index (κ3) is 9.27. The summed E-state index contributed by atoms with van der Waals surface area (Å²) >= 11 is 0. The van der Waals surface area contributed by atoms with Crippen LogP contribution in [0.1, 0.15) is 33.6 Å². The van der Waals surface area contributed by atoms with Crippen LogP contribution < -0.4 is 10.6 Å². The number of ether oxygens (including phenoxy) is 1. The predicted molar refractivity (Wildman–Crippen MR) is 92.3 cm³/mol. The van der Waals surface area contributed by atoms with Gasteiger partial charge >= 0.3 is 0 Å². The number of hydrogen-bond donors (Lipinski definition) is 2. The van der Waals surface area contributed by atoms with E-state index in [2.05, 4.69) is 48.5 Å². The number of aliphatic imine (C=N–C) groups is 1. The van der Waals surface area contributed by atoms with Gasteiger partial charge < -0.3 is 15.4 Å². The number of guanidine groups is 1. The Morgan fingerprint density at radius 2 is 2.05 bits per heavy atom. The van der Waals surface area contributed by atoms with Gasteiger partial charge in [0.15, 0.2) is 5.96 Å². The van der Waals surface area contributed by atoms with Crippen LogP contribution in [0.25, 0.3) is 0 Å². The summed E-state index contributed by atoms with van der Waals surface area (Å²) in [5.41, 5.74) is 0. The van der Waals surface area contributed by atoms with Crippen LogP contribution >= 0.6 is 24.0 Å². The van der Waals surface area contributed by atoms with Crippen molar-refractivity contribution in [2.75, 3.05) is 26.3 Å². The van der Waals surface area contributed by atoms with Crippen molar-refractivity contribution in [3.8, 4) is 0 Å². The summed E-state index contributed by atoms with van der Waals surface area (Å²) in [6.45, 7) is 9.49. The molecule has 1 aliphatic carbocycles. The van der Waals surface area contributed by atoms with Crippen LogP contribution in [0.2, 0.25) is 0 Å². The van der Waals surface area contributed by atoms with E-state index in [0.717, 1.165) is 32.0 Å². The van der Waals surface area contributed by atoms with Crippen LogP contribution in [0.15, 0.2) is 17.1 Å². The molecule has 0 bridgehead atoms. The summed E-state index contributed by atoms with van der Waals surface area (Å²) in [6.07, 6.45) is 6.61. The first-order chi connectivity index (χ1) is 8.72. The monoisotopic (exact) mass is 381 g/mol. The topological polar surface area (TPSA) is 45.7 Å². The quantitative estimate of drug-likeness (QED) is 0.234. The third-order valence-electron chi connectivity index (χ3n) is 2.65. The van der Waals surface area contributed by atoms with Crippen molar-refractivity contribution in [1.29, 1.82) is 0 Å². The lowest BCUT2D eigenvalue weighted by Crippen LogP contribution is -2.42. The molecule has 1 rings (SSSR count). The Morgan fingerprint density at radius 1 is 1.37 bits per heavy atom. The van der Waals surface area contributed by atoms with Crippen molar-refractivity contribution in [2.45, 2.75) is 39.7 Å². The minimum atomic E-state index is 0. The molecule has 0 saturated heterocycles. The van der Waals surface area contributed by atoms with E-state index in [1.807, 2.05) is 0 Å². The van der Waals surface area contributed by atoms with E-state index in [-0.39, 0.29) is 24.0 Å². The molecule has 0 heterocycles. The third-order valence-corrected chi connectivity index (χ3v) is 2.65. The highest BCUT2D eigenvalue weighted by molar-refractivity contribution is 14.0. The molecule has 2 N–H and O–H groups in total. The fourth-order valence-corrected chi connectivity index (χ4v) is 1.79. The van der Waals surface area contributed by atoms with E-state index in [4.69, 9.17) is 4.74 Å². The maximum atomic E-state index is 5.52. The summed E-state index contributed by atoms with van der Waals surface area (Å²) in [4.78, 5) is 4.52. The van der Waals surface area contributed by atoms with Crippen molar-refractivity contribution < 1.29 is 4.74 Å². The van der Waals surface area contributed by atoms with E-state index >= 15 is 0 Å². The second-order valence-electron chi connectivity index (χ2n) is 5.01. The molecule has 112 valence electrons. The van der Waals surface area contributed by atoms with Gasteiger partial charge in [0.05, 0.1) is 13.2 Å². The number of rotatable bonds is 7. The molecule has 0 aromatic carbocycles. The first kappa shape index (κ1) is 18.7. The molecule has 5 heteroatoms. The van der Waals surface area contributed by atoms with Crippen molar-refractivity contribution in [3.63, 3.8) is 0 Å². The van der Waals surface area contributed by atoms with Gasteiger partial charge in [0, 0.05) is 19.2 Å². The fraction of sp³-hybridized carbons (Fsp3) is 0.786. The zero-order valence-corrected chi connectivity index (χ0v) is 14.6. The van der Waals surface area contributed by atoms with Gasteiger partial charge in [-0.3, -0.25) is 4.99 Å². The highest BCUT2D eigenvalue weighted by Crippen LogP contribution is 2.08. The standard InChI is InChI=1S/C14H27N3O.HI/c1-4-15-14(17-13-7-5-6-8-13)16-9-10-18-11-12(2)3;/h5-6,12-13H,4,7-11H2,1-3H3,(H2,15,16,17);1H. The highest BCUT2D eigenvalue weighted by atomic mass is 127. The van der Waals surface area contributed by atoms with E-state index in [0.29, 0.717) is 25.1 Å². The molecule has 0 aromatic heterocycles. The normalized spacial score (nSPS) is 15.7. The molecule has 0 amide bonds. The molecular weight excluding hydrogens is 353 g/mol. The molecule has 0 spiro atoms. The van der Waals surface area contributed by atoms with Gasteiger partial charge in [0.1, 0.15) is 0 Å². The number of halogens is 1. The van der Waals surface area contributed by atoms with E-state index in [1.54, 1.807) is 0 Å². The molecule has 0 unspecified atom stereocenters. The number of hydrogen-bond acceptors (Lipinski definition) is 2. The average Bonchev–Trinajstić information content (AvgIpc) is 2.81. The van der Waals surface area contributed by atoms with Crippen molar-refractivity contribution in [2.24, 2.45) is 10.9 Å². The first-order valence-electron chi connectivity index (χ1n) is 7.00. The smallest absolute Gasteiger partial charge is 0.191 e. The fourth-order valence-electron chi connectivity index (χ4n) is 1.79. The lowest BCUT2D eigenvalue weighted by Gasteiger charge is -2.16. The zero-order chi connectivity index (χ0) is 13.2. The Balaban J connectivity index is 0.00000324. The molecular formula is C14H28IN3O. The minimum absolute atomic E-state index is 0. The molecule has 4 nitrogen and oxygen atoms in total. The summed E-state index contributed by atoms with van der Waals surface area (Å²) in [5, 5.41) is 6.70. The Labute approximate surface area is 134 Å². The predicted octanol–water partition coefficient (Wildman–Crippen LogP) is 2.55. The SMILES string of the molecule is CCNC(=NCCOCC(C)C)NC1CC=CC1.I. The van der Waals surface area contributed by atoms with Gasteiger partial charge in [-0.15, -0.1) is 24.0 Å².